The van der Waals surface area contributed by atoms with E-state index in [9.17, 15) is 0 Å². The number of morpholine rings is 1. The Morgan fingerprint density at radius 3 is 3.00 bits per heavy atom. The Bertz CT molecular complexity index is 768. The van der Waals surface area contributed by atoms with E-state index in [0.29, 0.717) is 26.0 Å². The molecule has 138 valence electrons. The van der Waals surface area contributed by atoms with E-state index >= 15 is 0 Å². The van der Waals surface area contributed by atoms with Gasteiger partial charge in [-0.25, -0.2) is 9.97 Å². The van der Waals surface area contributed by atoms with Gasteiger partial charge in [0.2, 0.25) is 6.79 Å². The van der Waals surface area contributed by atoms with Crippen LogP contribution in [0.4, 0.5) is 5.82 Å². The van der Waals surface area contributed by atoms with Crippen LogP contribution in [0.2, 0.25) is 0 Å². The molecule has 1 fully saturated rings. The minimum atomic E-state index is 0.0306. The molecule has 0 unspecified atom stereocenters. The molecule has 0 amide bonds. The Morgan fingerprint density at radius 1 is 1.23 bits per heavy atom. The Labute approximate surface area is 153 Å². The fourth-order valence-electron chi connectivity index (χ4n) is 3.25. The first kappa shape index (κ1) is 17.1. The van der Waals surface area contributed by atoms with Gasteiger partial charge in [-0.1, -0.05) is 6.07 Å². The number of hydrogen-bond donors (Lipinski definition) is 1. The lowest BCUT2D eigenvalue weighted by Crippen LogP contribution is -2.39. The van der Waals surface area contributed by atoms with Crippen molar-refractivity contribution in [1.29, 1.82) is 0 Å². The number of nitrogens with zero attached hydrogens (tertiary/aromatic N) is 3. The molecular formula is C19H24N4O3. The van der Waals surface area contributed by atoms with Crippen molar-refractivity contribution >= 4 is 5.82 Å². The van der Waals surface area contributed by atoms with Crippen molar-refractivity contribution in [1.82, 2.24) is 14.9 Å². The second-order valence-corrected chi connectivity index (χ2v) is 6.85. The first-order chi connectivity index (χ1) is 12.7. The summed E-state index contributed by atoms with van der Waals surface area (Å²) in [4.78, 5) is 11.6. The topological polar surface area (TPSA) is 68.7 Å². The van der Waals surface area contributed by atoms with Crippen molar-refractivity contribution in [3.05, 3.63) is 41.9 Å². The van der Waals surface area contributed by atoms with Gasteiger partial charge in [0.1, 0.15) is 11.6 Å². The van der Waals surface area contributed by atoms with Gasteiger partial charge in [0.05, 0.1) is 19.3 Å². The highest BCUT2D eigenvalue weighted by Crippen LogP contribution is 2.33. The molecule has 2 aliphatic rings. The highest BCUT2D eigenvalue weighted by Gasteiger charge is 2.27. The Morgan fingerprint density at radius 2 is 2.12 bits per heavy atom. The molecule has 1 atom stereocenters. The highest BCUT2D eigenvalue weighted by atomic mass is 16.7. The van der Waals surface area contributed by atoms with Crippen LogP contribution in [0.25, 0.3) is 0 Å². The van der Waals surface area contributed by atoms with Crippen LogP contribution in [-0.2, 0) is 11.3 Å². The van der Waals surface area contributed by atoms with Gasteiger partial charge in [-0.3, -0.25) is 4.90 Å². The van der Waals surface area contributed by atoms with Crippen molar-refractivity contribution in [2.45, 2.75) is 32.5 Å². The fourth-order valence-corrected chi connectivity index (χ4v) is 3.25. The number of ether oxygens (including phenoxy) is 3. The molecular weight excluding hydrogens is 332 g/mol. The molecule has 0 aliphatic carbocycles. The van der Waals surface area contributed by atoms with Crippen LogP contribution in [0.1, 0.15) is 31.3 Å². The smallest absolute Gasteiger partial charge is 0.231 e. The molecule has 0 bridgehead atoms. The number of rotatable bonds is 5. The summed E-state index contributed by atoms with van der Waals surface area (Å²) in [7, 11) is 0. The largest absolute Gasteiger partial charge is 0.454 e. The van der Waals surface area contributed by atoms with Gasteiger partial charge < -0.3 is 19.5 Å². The van der Waals surface area contributed by atoms with Crippen LogP contribution in [0.15, 0.2) is 30.5 Å². The molecule has 0 radical (unpaired) electrons. The van der Waals surface area contributed by atoms with Gasteiger partial charge >= 0.3 is 0 Å². The molecule has 0 saturated carbocycles. The van der Waals surface area contributed by atoms with Gasteiger partial charge in [0.25, 0.3) is 0 Å². The quantitative estimate of drug-likeness (QED) is 0.883. The lowest BCUT2D eigenvalue weighted by molar-refractivity contribution is -0.0159. The summed E-state index contributed by atoms with van der Waals surface area (Å²) in [5, 5.41) is 3.34. The summed E-state index contributed by atoms with van der Waals surface area (Å²) in [6.45, 7) is 7.41. The third-order valence-corrected chi connectivity index (χ3v) is 4.47. The molecule has 1 aromatic heterocycles. The predicted octanol–water partition coefficient (Wildman–Crippen LogP) is 2.60. The maximum Gasteiger partial charge on any atom is 0.231 e. The second kappa shape index (κ2) is 7.47. The molecule has 2 aliphatic heterocycles. The minimum absolute atomic E-state index is 0.0306. The Balaban J connectivity index is 1.53. The molecule has 7 nitrogen and oxygen atoms in total. The average Bonchev–Trinajstić information content (AvgIpc) is 3.10. The highest BCUT2D eigenvalue weighted by molar-refractivity contribution is 5.44. The molecule has 1 aromatic carbocycles. The van der Waals surface area contributed by atoms with Crippen molar-refractivity contribution < 1.29 is 14.2 Å². The van der Waals surface area contributed by atoms with Gasteiger partial charge in [0.15, 0.2) is 11.5 Å². The molecule has 4 rings (SSSR count). The number of anilines is 1. The Hall–Kier alpha value is -2.38. The van der Waals surface area contributed by atoms with Crippen LogP contribution in [0.3, 0.4) is 0 Å². The molecule has 0 spiro atoms. The van der Waals surface area contributed by atoms with Crippen LogP contribution in [0.5, 0.6) is 11.5 Å². The maximum absolute atomic E-state index is 5.71. The van der Waals surface area contributed by atoms with E-state index in [1.807, 2.05) is 18.2 Å². The third kappa shape index (κ3) is 3.73. The SMILES string of the molecule is CC(C)Nc1ccnc([C@H]2COCCN2Cc2ccc3c(c2)OCO3)n1. The third-order valence-electron chi connectivity index (χ3n) is 4.47. The zero-order valence-electron chi connectivity index (χ0n) is 15.1. The summed E-state index contributed by atoms with van der Waals surface area (Å²) in [5.41, 5.74) is 1.18. The van der Waals surface area contributed by atoms with E-state index in [-0.39, 0.29) is 6.04 Å². The monoisotopic (exact) mass is 356 g/mol. The van der Waals surface area contributed by atoms with E-state index in [2.05, 4.69) is 35.1 Å². The maximum atomic E-state index is 5.71. The van der Waals surface area contributed by atoms with Crippen molar-refractivity contribution in [2.24, 2.45) is 0 Å². The summed E-state index contributed by atoms with van der Waals surface area (Å²) < 4.78 is 16.6. The second-order valence-electron chi connectivity index (χ2n) is 6.85. The minimum Gasteiger partial charge on any atom is -0.454 e. The summed E-state index contributed by atoms with van der Waals surface area (Å²) in [6, 6.07) is 8.35. The first-order valence-electron chi connectivity index (χ1n) is 8.99. The van der Waals surface area contributed by atoms with Gasteiger partial charge in [-0.2, -0.15) is 0 Å². The Kier molecular flexibility index (Phi) is 4.90. The normalized spacial score (nSPS) is 19.7. The summed E-state index contributed by atoms with van der Waals surface area (Å²) in [6.07, 6.45) is 1.81. The van der Waals surface area contributed by atoms with Crippen LogP contribution in [0, 0.1) is 0 Å². The molecule has 26 heavy (non-hydrogen) atoms. The van der Waals surface area contributed by atoms with Crippen molar-refractivity contribution in [2.75, 3.05) is 31.9 Å². The van der Waals surface area contributed by atoms with Gasteiger partial charge in [-0.05, 0) is 37.6 Å². The van der Waals surface area contributed by atoms with Crippen molar-refractivity contribution in [3.8, 4) is 11.5 Å². The molecule has 3 heterocycles. The number of nitrogens with one attached hydrogen (secondary N) is 1. The predicted molar refractivity (Wildman–Crippen MR) is 97.3 cm³/mol. The lowest BCUT2D eigenvalue weighted by atomic mass is 10.1. The van der Waals surface area contributed by atoms with E-state index in [4.69, 9.17) is 19.2 Å². The number of aromatic nitrogens is 2. The average molecular weight is 356 g/mol. The number of benzene rings is 1. The van der Waals surface area contributed by atoms with Crippen molar-refractivity contribution in [3.63, 3.8) is 0 Å². The molecule has 7 heteroatoms. The number of fused-ring (bicyclic) bond motifs is 1. The van der Waals surface area contributed by atoms with Crippen LogP contribution >= 0.6 is 0 Å². The van der Waals surface area contributed by atoms with E-state index < -0.39 is 0 Å². The van der Waals surface area contributed by atoms with E-state index in [1.54, 1.807) is 6.20 Å². The zero-order valence-corrected chi connectivity index (χ0v) is 15.1. The number of hydrogen-bond acceptors (Lipinski definition) is 7. The van der Waals surface area contributed by atoms with E-state index in [0.717, 1.165) is 36.2 Å². The van der Waals surface area contributed by atoms with E-state index in [1.165, 1.54) is 5.56 Å². The summed E-state index contributed by atoms with van der Waals surface area (Å²) >= 11 is 0. The zero-order chi connectivity index (χ0) is 17.9. The van der Waals surface area contributed by atoms with Crippen LogP contribution < -0.4 is 14.8 Å². The lowest BCUT2D eigenvalue weighted by Gasteiger charge is -2.34. The standard InChI is InChI=1S/C19H24N4O3/c1-13(2)21-18-5-6-20-19(22-18)15-11-24-8-7-23(15)10-14-3-4-16-17(9-14)26-12-25-16/h3-6,9,13,15H,7-8,10-12H2,1-2H3,(H,20,21,22)/t15-/m1/s1. The van der Waals surface area contributed by atoms with Gasteiger partial charge in [0, 0.05) is 25.3 Å². The molecule has 1 saturated heterocycles. The molecule has 2 aromatic rings. The van der Waals surface area contributed by atoms with Crippen LogP contribution in [-0.4, -0.2) is 47.5 Å². The van der Waals surface area contributed by atoms with Gasteiger partial charge in [-0.15, -0.1) is 0 Å². The first-order valence-corrected chi connectivity index (χ1v) is 8.99. The fraction of sp³-hybridized carbons (Fsp3) is 0.474. The summed E-state index contributed by atoms with van der Waals surface area (Å²) in [5.74, 6) is 3.25. The molecule has 1 N–H and O–H groups in total.